The zero-order valence-corrected chi connectivity index (χ0v) is 16.4. The number of carbonyl (C=O) groups excluding carboxylic acids is 1. The number of anilines is 1. The zero-order valence-electron chi connectivity index (χ0n) is 14.8. The maximum Gasteiger partial charge on any atom is 0.264 e. The van der Waals surface area contributed by atoms with E-state index in [4.69, 9.17) is 4.74 Å². The Hall–Kier alpha value is -2.56. The Kier molecular flexibility index (Phi) is 5.25. The second-order valence-corrected chi connectivity index (χ2v) is 8.56. The molecule has 4 rings (SSSR count). The van der Waals surface area contributed by atoms with Crippen molar-refractivity contribution in [3.05, 3.63) is 48.0 Å². The number of rotatable bonds is 6. The lowest BCUT2D eigenvalue weighted by Crippen LogP contribution is -2.32. The molecule has 2 aromatic carbocycles. The number of carbonyl (C=O) groups is 1. The highest BCUT2D eigenvalue weighted by Crippen LogP contribution is 2.25. The number of amides is 1. The Morgan fingerprint density at radius 1 is 1.18 bits per heavy atom. The van der Waals surface area contributed by atoms with Gasteiger partial charge >= 0.3 is 0 Å². The molecule has 0 spiro atoms. The van der Waals surface area contributed by atoms with Gasteiger partial charge in [0.25, 0.3) is 15.9 Å². The van der Waals surface area contributed by atoms with Crippen LogP contribution in [0.5, 0.6) is 0 Å². The molecule has 8 nitrogen and oxygen atoms in total. The minimum atomic E-state index is -3.95. The summed E-state index contributed by atoms with van der Waals surface area (Å²) in [5.41, 5.74) is 1.26. The molecule has 2 N–H and O–H groups in total. The van der Waals surface area contributed by atoms with E-state index < -0.39 is 10.0 Å². The number of ether oxygens (including phenoxy) is 1. The lowest BCUT2D eigenvalue weighted by Gasteiger charge is -2.14. The molecule has 1 atom stereocenters. The third-order valence-corrected chi connectivity index (χ3v) is 6.41. The van der Waals surface area contributed by atoms with Crippen LogP contribution in [0.4, 0.5) is 5.69 Å². The van der Waals surface area contributed by atoms with Gasteiger partial charge in [0.05, 0.1) is 29.1 Å². The summed E-state index contributed by atoms with van der Waals surface area (Å²) in [6.07, 6.45) is 1.89. The summed E-state index contributed by atoms with van der Waals surface area (Å²) in [6.45, 7) is 1.09. The molecule has 0 aliphatic carbocycles. The maximum absolute atomic E-state index is 12.9. The molecule has 0 radical (unpaired) electrons. The normalized spacial score (nSPS) is 16.9. The number of nitrogens with zero attached hydrogens (tertiary/aromatic N) is 2. The Balaban J connectivity index is 1.58. The van der Waals surface area contributed by atoms with Crippen LogP contribution in [0.15, 0.2) is 47.4 Å². The predicted molar refractivity (Wildman–Crippen MR) is 106 cm³/mol. The first kappa shape index (κ1) is 18.8. The van der Waals surface area contributed by atoms with Gasteiger partial charge in [-0.25, -0.2) is 8.42 Å². The molecular weight excluding hydrogens is 400 g/mol. The molecule has 1 aliphatic heterocycles. The summed E-state index contributed by atoms with van der Waals surface area (Å²) in [4.78, 5) is 12.6. The number of fused-ring (bicyclic) bond motifs is 1. The fourth-order valence-corrected chi connectivity index (χ4v) is 4.92. The van der Waals surface area contributed by atoms with Crippen molar-refractivity contribution in [3.8, 4) is 0 Å². The summed E-state index contributed by atoms with van der Waals surface area (Å²) in [7, 11) is -3.95. The van der Waals surface area contributed by atoms with Crippen molar-refractivity contribution in [2.24, 2.45) is 0 Å². The second kappa shape index (κ2) is 7.82. The van der Waals surface area contributed by atoms with Crippen LogP contribution >= 0.6 is 11.7 Å². The molecule has 10 heteroatoms. The van der Waals surface area contributed by atoms with Crippen molar-refractivity contribution in [2.75, 3.05) is 17.9 Å². The standard InChI is InChI=1S/C18H18N4O4S2/c23-18(19-11-12-5-4-10-26-12)13-6-1-2-7-14(13)22-28(24,25)16-9-3-8-15-17(16)21-27-20-15/h1-3,6-9,12,22H,4-5,10-11H2,(H,19,23)/t12-/m1/s1. The lowest BCUT2D eigenvalue weighted by atomic mass is 10.1. The van der Waals surface area contributed by atoms with E-state index in [-0.39, 0.29) is 28.2 Å². The van der Waals surface area contributed by atoms with Crippen LogP contribution in [0, 0.1) is 0 Å². The first-order chi connectivity index (χ1) is 13.5. The molecule has 28 heavy (non-hydrogen) atoms. The number of nitrogens with one attached hydrogen (secondary N) is 2. The van der Waals surface area contributed by atoms with Gasteiger partial charge in [0.15, 0.2) is 0 Å². The van der Waals surface area contributed by atoms with Crippen molar-refractivity contribution in [2.45, 2.75) is 23.8 Å². The first-order valence-electron chi connectivity index (χ1n) is 8.77. The molecule has 2 heterocycles. The van der Waals surface area contributed by atoms with E-state index in [1.807, 2.05) is 0 Å². The van der Waals surface area contributed by atoms with Gasteiger partial charge in [-0.2, -0.15) is 8.75 Å². The molecule has 1 aromatic heterocycles. The van der Waals surface area contributed by atoms with Crippen LogP contribution in [0.25, 0.3) is 11.0 Å². The van der Waals surface area contributed by atoms with E-state index in [0.29, 0.717) is 24.2 Å². The molecule has 0 bridgehead atoms. The van der Waals surface area contributed by atoms with Crippen molar-refractivity contribution in [3.63, 3.8) is 0 Å². The Labute approximate surface area is 166 Å². The monoisotopic (exact) mass is 418 g/mol. The largest absolute Gasteiger partial charge is 0.376 e. The number of hydrogen-bond acceptors (Lipinski definition) is 7. The highest BCUT2D eigenvalue weighted by atomic mass is 32.2. The average molecular weight is 419 g/mol. The summed E-state index contributed by atoms with van der Waals surface area (Å²) in [5, 5.41) is 2.81. The number of hydrogen-bond donors (Lipinski definition) is 2. The fraction of sp³-hybridized carbons (Fsp3) is 0.278. The van der Waals surface area contributed by atoms with Crippen molar-refractivity contribution in [1.29, 1.82) is 0 Å². The third-order valence-electron chi connectivity index (χ3n) is 4.47. The van der Waals surface area contributed by atoms with E-state index in [1.54, 1.807) is 36.4 Å². The van der Waals surface area contributed by atoms with E-state index in [9.17, 15) is 13.2 Å². The Morgan fingerprint density at radius 3 is 2.86 bits per heavy atom. The van der Waals surface area contributed by atoms with Crippen LogP contribution in [-0.4, -0.2) is 42.3 Å². The fourth-order valence-electron chi connectivity index (χ4n) is 3.08. The van der Waals surface area contributed by atoms with Gasteiger partial charge in [-0.05, 0) is 37.1 Å². The molecule has 1 saturated heterocycles. The van der Waals surface area contributed by atoms with Crippen molar-refractivity contribution in [1.82, 2.24) is 14.1 Å². The summed E-state index contributed by atoms with van der Waals surface area (Å²) < 4.78 is 42.0. The first-order valence-corrected chi connectivity index (χ1v) is 11.0. The molecule has 1 aliphatic rings. The molecule has 1 fully saturated rings. The number of benzene rings is 2. The molecule has 146 valence electrons. The molecule has 1 amide bonds. The van der Waals surface area contributed by atoms with Crippen molar-refractivity contribution < 1.29 is 17.9 Å². The van der Waals surface area contributed by atoms with Gasteiger partial charge in [-0.1, -0.05) is 18.2 Å². The van der Waals surface area contributed by atoms with E-state index >= 15 is 0 Å². The van der Waals surface area contributed by atoms with Gasteiger partial charge in [-0.15, -0.1) is 0 Å². The van der Waals surface area contributed by atoms with Crippen LogP contribution in [0.3, 0.4) is 0 Å². The summed E-state index contributed by atoms with van der Waals surface area (Å²) in [6, 6.07) is 11.3. The van der Waals surface area contributed by atoms with Gasteiger partial charge in [-0.3, -0.25) is 9.52 Å². The number of aromatic nitrogens is 2. The minimum Gasteiger partial charge on any atom is -0.376 e. The lowest BCUT2D eigenvalue weighted by molar-refractivity contribution is 0.0858. The van der Waals surface area contributed by atoms with Crippen LogP contribution < -0.4 is 10.0 Å². The molecule has 0 unspecified atom stereocenters. The summed E-state index contributed by atoms with van der Waals surface area (Å²) in [5.74, 6) is -0.359. The van der Waals surface area contributed by atoms with Gasteiger partial charge in [0.2, 0.25) is 0 Å². The van der Waals surface area contributed by atoms with Crippen LogP contribution in [-0.2, 0) is 14.8 Å². The van der Waals surface area contributed by atoms with Gasteiger partial charge in [0.1, 0.15) is 15.9 Å². The van der Waals surface area contributed by atoms with E-state index in [2.05, 4.69) is 18.8 Å². The molecular formula is C18H18N4O4S2. The zero-order chi connectivity index (χ0) is 19.6. The quantitative estimate of drug-likeness (QED) is 0.636. The van der Waals surface area contributed by atoms with Gasteiger partial charge < -0.3 is 10.1 Å². The molecule has 3 aromatic rings. The smallest absolute Gasteiger partial charge is 0.264 e. The van der Waals surface area contributed by atoms with Crippen molar-refractivity contribution >= 4 is 44.4 Å². The third kappa shape index (κ3) is 3.84. The van der Waals surface area contributed by atoms with Gasteiger partial charge in [0, 0.05) is 13.2 Å². The van der Waals surface area contributed by atoms with E-state index in [0.717, 1.165) is 24.6 Å². The predicted octanol–water partition coefficient (Wildman–Crippen LogP) is 2.40. The highest BCUT2D eigenvalue weighted by Gasteiger charge is 2.23. The Morgan fingerprint density at radius 2 is 2.04 bits per heavy atom. The number of sulfonamides is 1. The SMILES string of the molecule is O=C(NC[C@H]1CCCO1)c1ccccc1NS(=O)(=O)c1cccc2nsnc12. The minimum absolute atomic E-state index is 0.00238. The average Bonchev–Trinajstić information content (AvgIpc) is 3.37. The molecule has 0 saturated carbocycles. The summed E-state index contributed by atoms with van der Waals surface area (Å²) >= 11 is 0.948. The highest BCUT2D eigenvalue weighted by molar-refractivity contribution is 7.93. The second-order valence-electron chi connectivity index (χ2n) is 6.38. The maximum atomic E-state index is 12.9. The van der Waals surface area contributed by atoms with E-state index in [1.165, 1.54) is 6.07 Å². The Bertz CT molecular complexity index is 1110. The van der Waals surface area contributed by atoms with Crippen LogP contribution in [0.2, 0.25) is 0 Å². The topological polar surface area (TPSA) is 110 Å². The van der Waals surface area contributed by atoms with Crippen LogP contribution in [0.1, 0.15) is 23.2 Å². The number of para-hydroxylation sites is 1.